The molecule has 2 fully saturated rings. The molecule has 4 atom stereocenters. The van der Waals surface area contributed by atoms with Crippen LogP contribution in [-0.2, 0) is 0 Å². The molecular weight excluding hydrogens is 172 g/mol. The average Bonchev–Trinajstić information content (AvgIpc) is 2.14. The Labute approximate surface area is 87.8 Å². The standard InChI is InChI=1S/C12H24N2/c1-3-10-6-11(13)8-14(7-10)12-5-4-9(12)2/h9-12H,3-8,13H2,1-2H3. The summed E-state index contributed by atoms with van der Waals surface area (Å²) >= 11 is 0. The van der Waals surface area contributed by atoms with Crippen molar-refractivity contribution in [3.63, 3.8) is 0 Å². The Morgan fingerprint density at radius 3 is 2.57 bits per heavy atom. The second kappa shape index (κ2) is 4.19. The summed E-state index contributed by atoms with van der Waals surface area (Å²) in [7, 11) is 0. The number of nitrogens with two attached hydrogens (primary N) is 1. The number of hydrogen-bond acceptors (Lipinski definition) is 2. The van der Waals surface area contributed by atoms with E-state index in [9.17, 15) is 0 Å². The number of nitrogens with zero attached hydrogens (tertiary/aromatic N) is 1. The molecule has 2 rings (SSSR count). The molecule has 0 aromatic rings. The maximum atomic E-state index is 6.11. The van der Waals surface area contributed by atoms with E-state index in [2.05, 4.69) is 18.7 Å². The van der Waals surface area contributed by atoms with Gasteiger partial charge >= 0.3 is 0 Å². The van der Waals surface area contributed by atoms with Gasteiger partial charge in [0.15, 0.2) is 0 Å². The van der Waals surface area contributed by atoms with Crippen LogP contribution in [-0.4, -0.2) is 30.1 Å². The number of rotatable bonds is 2. The molecule has 82 valence electrons. The molecule has 2 N–H and O–H groups in total. The molecule has 2 nitrogen and oxygen atoms in total. The molecular formula is C12H24N2. The van der Waals surface area contributed by atoms with E-state index in [-0.39, 0.29) is 0 Å². The van der Waals surface area contributed by atoms with Crippen LogP contribution in [0.3, 0.4) is 0 Å². The Hall–Kier alpha value is -0.0800. The molecule has 1 aliphatic carbocycles. The Balaban J connectivity index is 1.91. The predicted octanol–water partition coefficient (Wildman–Crippen LogP) is 1.84. The van der Waals surface area contributed by atoms with Gasteiger partial charge in [0.2, 0.25) is 0 Å². The maximum absolute atomic E-state index is 6.11. The molecule has 0 spiro atoms. The van der Waals surface area contributed by atoms with Crippen LogP contribution in [0, 0.1) is 11.8 Å². The summed E-state index contributed by atoms with van der Waals surface area (Å²) in [5.74, 6) is 1.77. The average molecular weight is 196 g/mol. The van der Waals surface area contributed by atoms with Gasteiger partial charge in [-0.15, -0.1) is 0 Å². The minimum Gasteiger partial charge on any atom is -0.327 e. The lowest BCUT2D eigenvalue weighted by molar-refractivity contribution is 0.0281. The third-order valence-corrected chi connectivity index (χ3v) is 4.22. The highest BCUT2D eigenvalue weighted by Gasteiger charge is 2.36. The van der Waals surface area contributed by atoms with Crippen molar-refractivity contribution in [1.82, 2.24) is 4.90 Å². The molecule has 1 aliphatic heterocycles. The van der Waals surface area contributed by atoms with Crippen molar-refractivity contribution in [2.45, 2.75) is 51.6 Å². The van der Waals surface area contributed by atoms with Crippen LogP contribution in [0.1, 0.15) is 39.5 Å². The predicted molar refractivity (Wildman–Crippen MR) is 60.1 cm³/mol. The molecule has 14 heavy (non-hydrogen) atoms. The number of piperidine rings is 1. The van der Waals surface area contributed by atoms with E-state index in [4.69, 9.17) is 5.73 Å². The van der Waals surface area contributed by atoms with Crippen molar-refractivity contribution in [3.05, 3.63) is 0 Å². The molecule has 0 aromatic heterocycles. The van der Waals surface area contributed by atoms with Crippen LogP contribution in [0.15, 0.2) is 0 Å². The monoisotopic (exact) mass is 196 g/mol. The summed E-state index contributed by atoms with van der Waals surface area (Å²) in [6.45, 7) is 7.13. The highest BCUT2D eigenvalue weighted by atomic mass is 15.2. The normalized spacial score (nSPS) is 44.8. The highest BCUT2D eigenvalue weighted by Crippen LogP contribution is 2.34. The fourth-order valence-electron chi connectivity index (χ4n) is 3.04. The van der Waals surface area contributed by atoms with E-state index in [1.165, 1.54) is 32.2 Å². The molecule has 1 saturated heterocycles. The summed E-state index contributed by atoms with van der Waals surface area (Å²) in [5, 5.41) is 0. The number of likely N-dealkylation sites (tertiary alicyclic amines) is 1. The second-order valence-electron chi connectivity index (χ2n) is 5.35. The molecule has 0 radical (unpaired) electrons. The van der Waals surface area contributed by atoms with Crippen molar-refractivity contribution in [1.29, 1.82) is 0 Å². The lowest BCUT2D eigenvalue weighted by Crippen LogP contribution is -2.55. The molecule has 2 heteroatoms. The first-order valence-corrected chi connectivity index (χ1v) is 6.20. The van der Waals surface area contributed by atoms with E-state index >= 15 is 0 Å². The zero-order valence-electron chi connectivity index (χ0n) is 9.58. The fraction of sp³-hybridized carbons (Fsp3) is 1.00. The molecule has 1 heterocycles. The van der Waals surface area contributed by atoms with Gasteiger partial charge in [0.25, 0.3) is 0 Å². The third kappa shape index (κ3) is 1.96. The van der Waals surface area contributed by atoms with Gasteiger partial charge in [-0.1, -0.05) is 20.3 Å². The van der Waals surface area contributed by atoms with Gasteiger partial charge in [-0.05, 0) is 31.1 Å². The quantitative estimate of drug-likeness (QED) is 0.730. The molecule has 0 aromatic carbocycles. The van der Waals surface area contributed by atoms with Crippen LogP contribution in [0.25, 0.3) is 0 Å². The van der Waals surface area contributed by atoms with E-state index in [1.807, 2.05) is 0 Å². The van der Waals surface area contributed by atoms with Crippen LogP contribution in [0.4, 0.5) is 0 Å². The van der Waals surface area contributed by atoms with E-state index in [1.54, 1.807) is 0 Å². The summed E-state index contributed by atoms with van der Waals surface area (Å²) < 4.78 is 0. The van der Waals surface area contributed by atoms with Crippen molar-refractivity contribution in [2.24, 2.45) is 17.6 Å². The molecule has 0 amide bonds. The maximum Gasteiger partial charge on any atom is 0.0171 e. The first-order valence-electron chi connectivity index (χ1n) is 6.20. The molecule has 1 saturated carbocycles. The van der Waals surface area contributed by atoms with Crippen LogP contribution in [0.5, 0.6) is 0 Å². The summed E-state index contributed by atoms with van der Waals surface area (Å²) in [4.78, 5) is 2.66. The lowest BCUT2D eigenvalue weighted by Gasteiger charge is -2.47. The minimum atomic E-state index is 0.432. The largest absolute Gasteiger partial charge is 0.327 e. The fourth-order valence-corrected chi connectivity index (χ4v) is 3.04. The minimum absolute atomic E-state index is 0.432. The van der Waals surface area contributed by atoms with Crippen LogP contribution >= 0.6 is 0 Å². The Kier molecular flexibility index (Phi) is 3.13. The first kappa shape index (κ1) is 10.4. The topological polar surface area (TPSA) is 29.3 Å². The zero-order valence-corrected chi connectivity index (χ0v) is 9.58. The summed E-state index contributed by atoms with van der Waals surface area (Å²) in [5.41, 5.74) is 6.11. The van der Waals surface area contributed by atoms with Gasteiger partial charge in [0.1, 0.15) is 0 Å². The van der Waals surface area contributed by atoms with Gasteiger partial charge < -0.3 is 5.73 Å². The third-order valence-electron chi connectivity index (χ3n) is 4.22. The van der Waals surface area contributed by atoms with Crippen LogP contribution in [0.2, 0.25) is 0 Å². The van der Waals surface area contributed by atoms with E-state index < -0.39 is 0 Å². The van der Waals surface area contributed by atoms with Gasteiger partial charge in [0.05, 0.1) is 0 Å². The highest BCUT2D eigenvalue weighted by molar-refractivity contribution is 4.91. The SMILES string of the molecule is CCC1CC(N)CN(C2CCC2C)C1. The number of hydrogen-bond donors (Lipinski definition) is 1. The molecule has 2 aliphatic rings. The van der Waals surface area contributed by atoms with Crippen molar-refractivity contribution in [2.75, 3.05) is 13.1 Å². The summed E-state index contributed by atoms with van der Waals surface area (Å²) in [6, 6.07) is 1.29. The van der Waals surface area contributed by atoms with Crippen molar-refractivity contribution < 1.29 is 0 Å². The van der Waals surface area contributed by atoms with E-state index in [0.29, 0.717) is 6.04 Å². The van der Waals surface area contributed by atoms with Gasteiger partial charge in [0, 0.05) is 25.2 Å². The van der Waals surface area contributed by atoms with Gasteiger partial charge in [-0.2, -0.15) is 0 Å². The smallest absolute Gasteiger partial charge is 0.0171 e. The van der Waals surface area contributed by atoms with Gasteiger partial charge in [-0.3, -0.25) is 4.90 Å². The van der Waals surface area contributed by atoms with Crippen molar-refractivity contribution >= 4 is 0 Å². The Bertz CT molecular complexity index is 193. The Morgan fingerprint density at radius 1 is 1.29 bits per heavy atom. The van der Waals surface area contributed by atoms with Gasteiger partial charge in [-0.25, -0.2) is 0 Å². The lowest BCUT2D eigenvalue weighted by atomic mass is 9.78. The Morgan fingerprint density at radius 2 is 2.07 bits per heavy atom. The van der Waals surface area contributed by atoms with Crippen molar-refractivity contribution in [3.8, 4) is 0 Å². The molecule has 4 unspecified atom stereocenters. The first-order chi connectivity index (χ1) is 6.70. The zero-order chi connectivity index (χ0) is 10.1. The van der Waals surface area contributed by atoms with Crippen LogP contribution < -0.4 is 5.73 Å². The van der Waals surface area contributed by atoms with E-state index in [0.717, 1.165) is 24.4 Å². The molecule has 0 bridgehead atoms. The summed E-state index contributed by atoms with van der Waals surface area (Å²) in [6.07, 6.45) is 5.37. The second-order valence-corrected chi connectivity index (χ2v) is 5.35.